The summed E-state index contributed by atoms with van der Waals surface area (Å²) in [4.78, 5) is 19.7. The van der Waals surface area contributed by atoms with Crippen LogP contribution in [0.25, 0.3) is 0 Å². The zero-order chi connectivity index (χ0) is 17.2. The highest BCUT2D eigenvalue weighted by Crippen LogP contribution is 2.45. The number of hydrogen-bond donors (Lipinski definition) is 1. The summed E-state index contributed by atoms with van der Waals surface area (Å²) in [6.45, 7) is 7.12. The van der Waals surface area contributed by atoms with Gasteiger partial charge in [0.15, 0.2) is 0 Å². The highest BCUT2D eigenvalue weighted by atomic mass is 35.5. The number of amides is 1. The first kappa shape index (κ1) is 23.6. The number of halogens is 2. The lowest BCUT2D eigenvalue weighted by Gasteiger charge is -2.39. The molecule has 1 N–H and O–H groups in total. The van der Waals surface area contributed by atoms with Gasteiger partial charge in [-0.05, 0) is 39.2 Å². The summed E-state index contributed by atoms with van der Waals surface area (Å²) in [6, 6.07) is 0. The molecular weight excluding hydrogens is 393 g/mol. The average molecular weight is 424 g/mol. The fraction of sp³-hybridized carbons (Fsp3) is 0.778. The third-order valence-corrected chi connectivity index (χ3v) is 6.60. The first-order valence-corrected chi connectivity index (χ1v) is 9.97. The molecule has 0 radical (unpaired) electrons. The summed E-state index contributed by atoms with van der Waals surface area (Å²) >= 11 is 1.62. The van der Waals surface area contributed by atoms with Crippen LogP contribution in [0.3, 0.4) is 0 Å². The van der Waals surface area contributed by atoms with Gasteiger partial charge < -0.3 is 15.0 Å². The number of nitrogens with one attached hydrogen (secondary N) is 1. The van der Waals surface area contributed by atoms with E-state index in [2.05, 4.69) is 15.7 Å². The lowest BCUT2D eigenvalue weighted by Crippen LogP contribution is -2.48. The molecule has 150 valence electrons. The van der Waals surface area contributed by atoms with Gasteiger partial charge in [0.25, 0.3) is 0 Å². The van der Waals surface area contributed by atoms with Crippen molar-refractivity contribution in [2.45, 2.75) is 52.2 Å². The molecule has 0 spiro atoms. The highest BCUT2D eigenvalue weighted by Gasteiger charge is 2.50. The maximum absolute atomic E-state index is 13.2. The highest BCUT2D eigenvalue weighted by molar-refractivity contribution is 7.09. The molecule has 1 aromatic heterocycles. The van der Waals surface area contributed by atoms with E-state index in [4.69, 9.17) is 4.74 Å². The number of thiazole rings is 1. The number of carbonyl (C=O) groups is 1. The van der Waals surface area contributed by atoms with Crippen LogP contribution >= 0.6 is 36.2 Å². The quantitative estimate of drug-likeness (QED) is 0.755. The SMILES string of the molecule is CCOC(C)c1nc(CN(C)C(=O)[C@@]23CCCC[C@H]2CNC3)cs1.Cl.Cl. The molecule has 2 heterocycles. The van der Waals surface area contributed by atoms with E-state index >= 15 is 0 Å². The molecule has 5 nitrogen and oxygen atoms in total. The van der Waals surface area contributed by atoms with E-state index in [0.29, 0.717) is 25.0 Å². The van der Waals surface area contributed by atoms with Crippen LogP contribution in [0, 0.1) is 11.3 Å². The van der Waals surface area contributed by atoms with Gasteiger partial charge in [-0.3, -0.25) is 4.79 Å². The first-order chi connectivity index (χ1) is 11.6. The second-order valence-corrected chi connectivity index (χ2v) is 8.06. The van der Waals surface area contributed by atoms with Gasteiger partial charge in [0.05, 0.1) is 17.7 Å². The van der Waals surface area contributed by atoms with Crippen LogP contribution in [0.15, 0.2) is 5.38 Å². The van der Waals surface area contributed by atoms with Crippen LogP contribution in [-0.4, -0.2) is 42.5 Å². The summed E-state index contributed by atoms with van der Waals surface area (Å²) in [7, 11) is 1.92. The molecule has 1 aliphatic carbocycles. The van der Waals surface area contributed by atoms with E-state index in [1.165, 1.54) is 19.3 Å². The molecule has 26 heavy (non-hydrogen) atoms. The third-order valence-electron chi connectivity index (χ3n) is 5.54. The minimum absolute atomic E-state index is 0. The van der Waals surface area contributed by atoms with E-state index in [0.717, 1.165) is 30.2 Å². The van der Waals surface area contributed by atoms with E-state index < -0.39 is 0 Å². The number of rotatable bonds is 6. The Bertz CT molecular complexity index is 587. The lowest BCUT2D eigenvalue weighted by atomic mass is 9.67. The Morgan fingerprint density at radius 2 is 2.27 bits per heavy atom. The minimum atomic E-state index is -0.176. The molecule has 1 aromatic rings. The summed E-state index contributed by atoms with van der Waals surface area (Å²) in [5.41, 5.74) is 0.789. The Kier molecular flexibility index (Phi) is 9.30. The molecule has 3 atom stereocenters. The van der Waals surface area contributed by atoms with E-state index in [1.54, 1.807) is 11.3 Å². The Hall–Kier alpha value is -0.400. The van der Waals surface area contributed by atoms with Gasteiger partial charge in [-0.25, -0.2) is 4.98 Å². The van der Waals surface area contributed by atoms with Gasteiger partial charge in [-0.15, -0.1) is 36.2 Å². The van der Waals surface area contributed by atoms with Crippen molar-refractivity contribution in [2.24, 2.45) is 11.3 Å². The number of hydrogen-bond acceptors (Lipinski definition) is 5. The molecule has 3 rings (SSSR count). The molecule has 1 aliphatic heterocycles. The van der Waals surface area contributed by atoms with Crippen molar-refractivity contribution in [3.05, 3.63) is 16.1 Å². The fourth-order valence-corrected chi connectivity index (χ4v) is 5.08. The second kappa shape index (κ2) is 10.2. The largest absolute Gasteiger partial charge is 0.372 e. The van der Waals surface area contributed by atoms with Crippen molar-refractivity contribution >= 4 is 42.1 Å². The monoisotopic (exact) mass is 423 g/mol. The van der Waals surface area contributed by atoms with E-state index in [-0.39, 0.29) is 36.3 Å². The van der Waals surface area contributed by atoms with Crippen LogP contribution < -0.4 is 5.32 Å². The van der Waals surface area contributed by atoms with Crippen molar-refractivity contribution in [3.63, 3.8) is 0 Å². The number of aromatic nitrogens is 1. The van der Waals surface area contributed by atoms with Gasteiger partial charge in [-0.1, -0.05) is 12.8 Å². The molecule has 8 heteroatoms. The van der Waals surface area contributed by atoms with Gasteiger partial charge in [0.2, 0.25) is 5.91 Å². The topological polar surface area (TPSA) is 54.5 Å². The normalized spacial score (nSPS) is 25.6. The lowest BCUT2D eigenvalue weighted by molar-refractivity contribution is -0.144. The van der Waals surface area contributed by atoms with Crippen molar-refractivity contribution in [3.8, 4) is 0 Å². The predicted molar refractivity (Wildman–Crippen MR) is 110 cm³/mol. The van der Waals surface area contributed by atoms with Gasteiger partial charge in [-0.2, -0.15) is 0 Å². The minimum Gasteiger partial charge on any atom is -0.372 e. The van der Waals surface area contributed by atoms with E-state index in [1.807, 2.05) is 25.8 Å². The number of ether oxygens (including phenoxy) is 1. The summed E-state index contributed by atoms with van der Waals surface area (Å²) in [5.74, 6) is 0.801. The average Bonchev–Trinajstić information content (AvgIpc) is 3.21. The number of carbonyl (C=O) groups excluding carboxylic acids is 1. The molecule has 2 aliphatic rings. The molecule has 1 unspecified atom stereocenters. The Labute approximate surface area is 173 Å². The summed E-state index contributed by atoms with van der Waals surface area (Å²) in [6.07, 6.45) is 4.66. The summed E-state index contributed by atoms with van der Waals surface area (Å²) in [5, 5.41) is 6.50. The molecule has 2 fully saturated rings. The molecule has 0 bridgehead atoms. The van der Waals surface area contributed by atoms with Crippen molar-refractivity contribution < 1.29 is 9.53 Å². The third kappa shape index (κ3) is 4.71. The van der Waals surface area contributed by atoms with Crippen LogP contribution in [0.2, 0.25) is 0 Å². The van der Waals surface area contributed by atoms with Crippen molar-refractivity contribution in [1.29, 1.82) is 0 Å². The number of fused-ring (bicyclic) bond motifs is 1. The molecule has 0 aromatic carbocycles. The predicted octanol–water partition coefficient (Wildman–Crippen LogP) is 3.82. The Morgan fingerprint density at radius 3 is 3.00 bits per heavy atom. The zero-order valence-corrected chi connectivity index (χ0v) is 18.3. The Balaban J connectivity index is 0.00000169. The van der Waals surface area contributed by atoms with Gasteiger partial charge in [0, 0.05) is 25.6 Å². The zero-order valence-electron chi connectivity index (χ0n) is 15.8. The Morgan fingerprint density at radius 1 is 1.50 bits per heavy atom. The van der Waals surface area contributed by atoms with Crippen LogP contribution in [0.5, 0.6) is 0 Å². The van der Waals surface area contributed by atoms with Crippen LogP contribution in [0.4, 0.5) is 0 Å². The first-order valence-electron chi connectivity index (χ1n) is 9.09. The molecule has 1 saturated carbocycles. The standard InChI is InChI=1S/C18H29N3O2S.2ClH/c1-4-23-13(2)16-20-15(11-24-16)10-21(3)17(22)18-8-6-5-7-14(18)9-19-12-18;;/h11,13-14,19H,4-10,12H2,1-3H3;2*1H/t13?,14-,18+;;/m0../s1. The number of nitrogens with zero attached hydrogens (tertiary/aromatic N) is 2. The smallest absolute Gasteiger partial charge is 0.230 e. The van der Waals surface area contributed by atoms with Gasteiger partial charge >= 0.3 is 0 Å². The van der Waals surface area contributed by atoms with Crippen molar-refractivity contribution in [1.82, 2.24) is 15.2 Å². The van der Waals surface area contributed by atoms with Crippen LogP contribution in [0.1, 0.15) is 56.3 Å². The second-order valence-electron chi connectivity index (χ2n) is 7.17. The van der Waals surface area contributed by atoms with E-state index in [9.17, 15) is 4.79 Å². The molecule has 1 saturated heterocycles. The van der Waals surface area contributed by atoms with Gasteiger partial charge in [0.1, 0.15) is 11.1 Å². The molecule has 1 amide bonds. The van der Waals surface area contributed by atoms with Crippen molar-refractivity contribution in [2.75, 3.05) is 26.7 Å². The summed E-state index contributed by atoms with van der Waals surface area (Å²) < 4.78 is 5.60. The van der Waals surface area contributed by atoms with Crippen LogP contribution in [-0.2, 0) is 16.1 Å². The maximum Gasteiger partial charge on any atom is 0.230 e. The maximum atomic E-state index is 13.2. The fourth-order valence-electron chi connectivity index (χ4n) is 4.27. The molecular formula is C18H31Cl2N3O2S.